The first-order chi connectivity index (χ1) is 13.5. The molecule has 1 spiro atoms. The highest BCUT2D eigenvalue weighted by Crippen LogP contribution is 2.46. The molecule has 1 aromatic carbocycles. The molecule has 154 valence electrons. The van der Waals surface area contributed by atoms with E-state index < -0.39 is 17.7 Å². The van der Waals surface area contributed by atoms with Gasteiger partial charge in [-0.25, -0.2) is 13.1 Å². The van der Waals surface area contributed by atoms with Crippen LogP contribution in [0.15, 0.2) is 18.2 Å². The molecule has 5 rings (SSSR count). The van der Waals surface area contributed by atoms with Gasteiger partial charge in [0.05, 0.1) is 6.61 Å². The minimum absolute atomic E-state index is 0.243. The third kappa shape index (κ3) is 3.84. The Morgan fingerprint density at radius 2 is 1.96 bits per heavy atom. The fourth-order valence-electron chi connectivity index (χ4n) is 5.13. The largest absolute Gasteiger partial charge is 0.370 e. The number of benzene rings is 1. The van der Waals surface area contributed by atoms with E-state index >= 15 is 0 Å². The molecule has 3 aliphatic heterocycles. The number of likely N-dealkylation sites (tertiary alicyclic amines) is 1. The SMILES string of the molecule is N[C@H]1C[C@@H](N2CCC3(CCN(SC4CC4)C3)C2)CO[C@@H]1c1cc(F)ccc1F. The number of nitrogens with zero attached hydrogens (tertiary/aromatic N) is 2. The minimum atomic E-state index is -0.569. The van der Waals surface area contributed by atoms with Crippen LogP contribution in [-0.2, 0) is 4.74 Å². The van der Waals surface area contributed by atoms with E-state index in [0.717, 1.165) is 36.9 Å². The van der Waals surface area contributed by atoms with Gasteiger partial charge in [0, 0.05) is 42.5 Å². The summed E-state index contributed by atoms with van der Waals surface area (Å²) in [5, 5.41) is 0.873. The Morgan fingerprint density at radius 3 is 2.75 bits per heavy atom. The van der Waals surface area contributed by atoms with E-state index in [0.29, 0.717) is 12.0 Å². The zero-order valence-corrected chi connectivity index (χ0v) is 17.0. The van der Waals surface area contributed by atoms with Crippen LogP contribution in [0.5, 0.6) is 0 Å². The number of hydrogen-bond donors (Lipinski definition) is 1. The summed E-state index contributed by atoms with van der Waals surface area (Å²) in [5.74, 6) is -0.898. The van der Waals surface area contributed by atoms with E-state index in [2.05, 4.69) is 21.2 Å². The van der Waals surface area contributed by atoms with Crippen LogP contribution in [0.2, 0.25) is 0 Å². The van der Waals surface area contributed by atoms with E-state index in [1.165, 1.54) is 44.8 Å². The molecule has 1 aromatic rings. The molecule has 3 saturated heterocycles. The van der Waals surface area contributed by atoms with Gasteiger partial charge in [0.15, 0.2) is 0 Å². The number of hydrogen-bond acceptors (Lipinski definition) is 5. The first kappa shape index (κ1) is 19.2. The third-order valence-corrected chi connectivity index (χ3v) is 8.26. The highest BCUT2D eigenvalue weighted by molar-refractivity contribution is 7.97. The van der Waals surface area contributed by atoms with E-state index in [9.17, 15) is 8.78 Å². The van der Waals surface area contributed by atoms with Gasteiger partial charge in [-0.05, 0) is 62.3 Å². The van der Waals surface area contributed by atoms with Crippen LogP contribution in [0.1, 0.15) is 43.8 Å². The molecular formula is C21H29F2N3OS. The average molecular weight is 410 g/mol. The highest BCUT2D eigenvalue weighted by Gasteiger charge is 2.47. The molecule has 0 radical (unpaired) electrons. The maximum absolute atomic E-state index is 14.1. The van der Waals surface area contributed by atoms with Gasteiger partial charge < -0.3 is 10.5 Å². The number of nitrogens with two attached hydrogens (primary N) is 1. The molecule has 0 bridgehead atoms. The highest BCUT2D eigenvalue weighted by atomic mass is 32.2. The van der Waals surface area contributed by atoms with Crippen molar-refractivity contribution < 1.29 is 13.5 Å². The molecular weight excluding hydrogens is 380 g/mol. The third-order valence-electron chi connectivity index (χ3n) is 6.88. The average Bonchev–Trinajstić information content (AvgIpc) is 3.26. The van der Waals surface area contributed by atoms with Crippen molar-refractivity contribution in [2.45, 2.75) is 55.5 Å². The normalized spacial score (nSPS) is 37.2. The van der Waals surface area contributed by atoms with Crippen molar-refractivity contribution in [2.75, 3.05) is 32.8 Å². The van der Waals surface area contributed by atoms with Crippen molar-refractivity contribution in [1.82, 2.24) is 9.21 Å². The number of rotatable bonds is 4. The molecule has 0 amide bonds. The summed E-state index contributed by atoms with van der Waals surface area (Å²) in [5.41, 5.74) is 7.02. The maximum Gasteiger partial charge on any atom is 0.129 e. The first-order valence-electron chi connectivity index (χ1n) is 10.5. The summed E-state index contributed by atoms with van der Waals surface area (Å²) in [6.07, 6.45) is 5.47. The predicted octanol–water partition coefficient (Wildman–Crippen LogP) is 3.33. The molecule has 4 nitrogen and oxygen atoms in total. The van der Waals surface area contributed by atoms with E-state index in [1.54, 1.807) is 0 Å². The maximum atomic E-state index is 14.1. The summed E-state index contributed by atoms with van der Waals surface area (Å²) in [4.78, 5) is 2.53. The molecule has 1 aliphatic carbocycles. The van der Waals surface area contributed by atoms with Crippen molar-refractivity contribution in [3.8, 4) is 0 Å². The van der Waals surface area contributed by atoms with Crippen molar-refractivity contribution in [3.05, 3.63) is 35.4 Å². The molecule has 4 aliphatic rings. The van der Waals surface area contributed by atoms with E-state index in [1.807, 2.05) is 0 Å². The smallest absolute Gasteiger partial charge is 0.129 e. The Bertz CT molecular complexity index is 734. The van der Waals surface area contributed by atoms with Crippen LogP contribution in [0.3, 0.4) is 0 Å². The van der Waals surface area contributed by atoms with Crippen LogP contribution in [0, 0.1) is 17.0 Å². The fourth-order valence-corrected chi connectivity index (χ4v) is 6.45. The summed E-state index contributed by atoms with van der Waals surface area (Å²) < 4.78 is 36.3. The Labute approximate surface area is 169 Å². The van der Waals surface area contributed by atoms with Crippen LogP contribution < -0.4 is 5.73 Å². The molecule has 2 N–H and O–H groups in total. The molecule has 0 aromatic heterocycles. The van der Waals surface area contributed by atoms with E-state index in [4.69, 9.17) is 10.5 Å². The lowest BCUT2D eigenvalue weighted by Crippen LogP contribution is -2.49. The number of ether oxygens (including phenoxy) is 1. The molecule has 4 fully saturated rings. The topological polar surface area (TPSA) is 41.7 Å². The second-order valence-corrected chi connectivity index (χ2v) is 10.5. The lowest BCUT2D eigenvalue weighted by molar-refractivity contribution is -0.0487. The van der Waals surface area contributed by atoms with Crippen molar-refractivity contribution >= 4 is 11.9 Å². The van der Waals surface area contributed by atoms with E-state index in [-0.39, 0.29) is 17.6 Å². The fraction of sp³-hybridized carbons (Fsp3) is 0.714. The van der Waals surface area contributed by atoms with Crippen LogP contribution in [0.25, 0.3) is 0 Å². The van der Waals surface area contributed by atoms with Crippen LogP contribution in [0.4, 0.5) is 8.78 Å². The second kappa shape index (κ2) is 7.51. The molecule has 28 heavy (non-hydrogen) atoms. The zero-order chi connectivity index (χ0) is 19.3. The van der Waals surface area contributed by atoms with Gasteiger partial charge in [0.1, 0.15) is 17.7 Å². The van der Waals surface area contributed by atoms with Crippen molar-refractivity contribution in [3.63, 3.8) is 0 Å². The standard InChI is InChI=1S/C21H29F2N3OS/c22-14-1-4-18(23)17(9-14)20-19(24)10-15(11-27-20)25-7-5-21(12-25)6-8-26(13-21)28-16-2-3-16/h1,4,9,15-16,19-20H,2-3,5-8,10-13,24H2/t15-,19+,20-,21?/m1/s1. The Morgan fingerprint density at radius 1 is 1.14 bits per heavy atom. The van der Waals surface area contributed by atoms with Crippen molar-refractivity contribution in [1.29, 1.82) is 0 Å². The zero-order valence-electron chi connectivity index (χ0n) is 16.2. The summed E-state index contributed by atoms with van der Waals surface area (Å²) in [7, 11) is 0. The van der Waals surface area contributed by atoms with Gasteiger partial charge in [-0.1, -0.05) is 11.9 Å². The lowest BCUT2D eigenvalue weighted by atomic mass is 9.86. The van der Waals surface area contributed by atoms with Gasteiger partial charge >= 0.3 is 0 Å². The summed E-state index contributed by atoms with van der Waals surface area (Å²) in [6, 6.07) is 3.45. The second-order valence-electron chi connectivity index (χ2n) is 9.11. The molecule has 4 atom stereocenters. The van der Waals surface area contributed by atoms with Crippen LogP contribution >= 0.6 is 11.9 Å². The van der Waals surface area contributed by atoms with Gasteiger partial charge in [-0.15, -0.1) is 0 Å². The van der Waals surface area contributed by atoms with Crippen molar-refractivity contribution in [2.24, 2.45) is 11.1 Å². The monoisotopic (exact) mass is 409 g/mol. The van der Waals surface area contributed by atoms with Gasteiger partial charge in [0.2, 0.25) is 0 Å². The van der Waals surface area contributed by atoms with Gasteiger partial charge in [-0.3, -0.25) is 4.90 Å². The van der Waals surface area contributed by atoms with Crippen LogP contribution in [-0.4, -0.2) is 59.3 Å². The Balaban J connectivity index is 1.19. The molecule has 1 saturated carbocycles. The summed E-state index contributed by atoms with van der Waals surface area (Å²) >= 11 is 2.08. The van der Waals surface area contributed by atoms with Gasteiger partial charge in [0.25, 0.3) is 0 Å². The Kier molecular flexibility index (Phi) is 5.16. The lowest BCUT2D eigenvalue weighted by Gasteiger charge is -2.39. The minimum Gasteiger partial charge on any atom is -0.370 e. The molecule has 7 heteroatoms. The molecule has 1 unspecified atom stereocenters. The van der Waals surface area contributed by atoms with Gasteiger partial charge in [-0.2, -0.15) is 0 Å². The first-order valence-corrected chi connectivity index (χ1v) is 11.3. The Hall–Kier alpha value is -0.730. The molecule has 3 heterocycles. The predicted molar refractivity (Wildman–Crippen MR) is 107 cm³/mol. The summed E-state index contributed by atoms with van der Waals surface area (Å²) in [6.45, 7) is 5.12. The quantitative estimate of drug-likeness (QED) is 0.773. The number of halogens is 2.